The highest BCUT2D eigenvalue weighted by molar-refractivity contribution is 7.10. The third kappa shape index (κ3) is 2.50. The fourth-order valence-corrected chi connectivity index (χ4v) is 4.19. The van der Waals surface area contributed by atoms with Crippen molar-refractivity contribution in [3.05, 3.63) is 64.2 Å². The monoisotopic (exact) mass is 360 g/mol. The first-order valence-corrected chi connectivity index (χ1v) is 9.33. The van der Waals surface area contributed by atoms with Gasteiger partial charge in [-0.3, -0.25) is 4.79 Å². The van der Waals surface area contributed by atoms with Crippen LogP contribution in [0.2, 0.25) is 0 Å². The number of fused-ring (bicyclic) bond motifs is 2. The van der Waals surface area contributed by atoms with Crippen molar-refractivity contribution in [2.75, 3.05) is 11.9 Å². The molecule has 1 amide bonds. The summed E-state index contributed by atoms with van der Waals surface area (Å²) >= 11 is 1.64. The van der Waals surface area contributed by atoms with Gasteiger partial charge in [-0.25, -0.2) is 9.97 Å². The lowest BCUT2D eigenvalue weighted by Crippen LogP contribution is -2.20. The molecule has 1 aliphatic heterocycles. The van der Waals surface area contributed by atoms with Gasteiger partial charge in [0.2, 0.25) is 5.91 Å². The Bertz CT molecular complexity index is 1110. The molecular formula is C20H16N4OS. The predicted molar refractivity (Wildman–Crippen MR) is 104 cm³/mol. The second-order valence-corrected chi connectivity index (χ2v) is 7.42. The van der Waals surface area contributed by atoms with E-state index in [1.54, 1.807) is 16.2 Å². The number of carbonyl (C=O) groups excluding carboxylic acids is 1. The molecule has 2 aromatic carbocycles. The Kier molecular flexibility index (Phi) is 3.39. The van der Waals surface area contributed by atoms with Gasteiger partial charge in [-0.2, -0.15) is 0 Å². The molecule has 26 heavy (non-hydrogen) atoms. The van der Waals surface area contributed by atoms with Crippen molar-refractivity contribution < 1.29 is 4.79 Å². The number of H-pyrrole nitrogens is 1. The van der Waals surface area contributed by atoms with Crippen molar-refractivity contribution in [3.63, 3.8) is 0 Å². The number of anilines is 1. The standard InChI is InChI=1S/C20H16N4OS/c1-24-17-7-6-12(8-13(17)9-20(24)25)16-11-26-19(23-16)10-18-21-14-4-2-3-5-15(14)22-18/h2-8,11H,9-10H2,1H3,(H,21,22). The summed E-state index contributed by atoms with van der Waals surface area (Å²) in [6.07, 6.45) is 1.15. The molecule has 1 N–H and O–H groups in total. The number of nitrogens with zero attached hydrogens (tertiary/aromatic N) is 3. The van der Waals surface area contributed by atoms with Gasteiger partial charge < -0.3 is 9.88 Å². The second-order valence-electron chi connectivity index (χ2n) is 6.48. The molecule has 5 nitrogen and oxygen atoms in total. The number of hydrogen-bond donors (Lipinski definition) is 1. The summed E-state index contributed by atoms with van der Waals surface area (Å²) in [6.45, 7) is 0. The van der Waals surface area contributed by atoms with Gasteiger partial charge in [0.05, 0.1) is 29.6 Å². The van der Waals surface area contributed by atoms with Crippen LogP contribution in [0.25, 0.3) is 22.3 Å². The molecule has 5 rings (SSSR count). The number of benzene rings is 2. The van der Waals surface area contributed by atoms with Crippen molar-refractivity contribution >= 4 is 34.0 Å². The molecule has 1 aliphatic rings. The first kappa shape index (κ1) is 15.3. The van der Waals surface area contributed by atoms with Crippen LogP contribution in [0.5, 0.6) is 0 Å². The zero-order valence-electron chi connectivity index (χ0n) is 14.2. The van der Waals surface area contributed by atoms with E-state index in [0.29, 0.717) is 12.8 Å². The summed E-state index contributed by atoms with van der Waals surface area (Å²) in [6, 6.07) is 14.2. The number of aromatic nitrogens is 3. The molecule has 2 aromatic heterocycles. The van der Waals surface area contributed by atoms with Gasteiger partial charge >= 0.3 is 0 Å². The number of carbonyl (C=O) groups is 1. The zero-order chi connectivity index (χ0) is 17.7. The summed E-state index contributed by atoms with van der Waals surface area (Å²) in [4.78, 5) is 26.3. The smallest absolute Gasteiger partial charge is 0.231 e. The Labute approximate surface area is 154 Å². The quantitative estimate of drug-likeness (QED) is 0.604. The van der Waals surface area contributed by atoms with Crippen molar-refractivity contribution in [2.24, 2.45) is 0 Å². The molecule has 0 fully saturated rings. The summed E-state index contributed by atoms with van der Waals surface area (Å²) in [7, 11) is 1.82. The molecule has 0 spiro atoms. The van der Waals surface area contributed by atoms with Crippen molar-refractivity contribution in [1.29, 1.82) is 0 Å². The van der Waals surface area contributed by atoms with E-state index >= 15 is 0 Å². The Hall–Kier alpha value is -2.99. The maximum atomic E-state index is 11.9. The van der Waals surface area contributed by atoms with E-state index in [4.69, 9.17) is 4.98 Å². The third-order valence-electron chi connectivity index (χ3n) is 4.76. The summed E-state index contributed by atoms with van der Waals surface area (Å²) in [5.41, 5.74) is 6.10. The zero-order valence-corrected chi connectivity index (χ0v) is 15.0. The summed E-state index contributed by atoms with van der Waals surface area (Å²) in [5.74, 6) is 1.06. The highest BCUT2D eigenvalue weighted by Gasteiger charge is 2.24. The highest BCUT2D eigenvalue weighted by Crippen LogP contribution is 2.32. The van der Waals surface area contributed by atoms with E-state index in [1.807, 2.05) is 43.4 Å². The van der Waals surface area contributed by atoms with E-state index in [9.17, 15) is 4.79 Å². The first-order chi connectivity index (χ1) is 12.7. The largest absolute Gasteiger partial charge is 0.342 e. The number of imidazole rings is 1. The number of nitrogens with one attached hydrogen (secondary N) is 1. The van der Waals surface area contributed by atoms with Crippen molar-refractivity contribution in [2.45, 2.75) is 12.8 Å². The summed E-state index contributed by atoms with van der Waals surface area (Å²) in [5, 5.41) is 3.09. The molecular weight excluding hydrogens is 344 g/mol. The lowest BCUT2D eigenvalue weighted by Gasteiger charge is -2.09. The van der Waals surface area contributed by atoms with Gasteiger partial charge in [0.15, 0.2) is 0 Å². The molecule has 0 saturated carbocycles. The van der Waals surface area contributed by atoms with Gasteiger partial charge in [0.1, 0.15) is 10.8 Å². The lowest BCUT2D eigenvalue weighted by molar-refractivity contribution is -0.117. The maximum absolute atomic E-state index is 11.9. The average Bonchev–Trinajstić information content (AvgIpc) is 3.33. The Balaban J connectivity index is 1.42. The number of hydrogen-bond acceptors (Lipinski definition) is 4. The van der Waals surface area contributed by atoms with Crippen LogP contribution in [0.3, 0.4) is 0 Å². The van der Waals surface area contributed by atoms with E-state index in [1.165, 1.54) is 0 Å². The first-order valence-electron chi connectivity index (χ1n) is 8.45. The van der Waals surface area contributed by atoms with Crippen LogP contribution in [0, 0.1) is 0 Å². The maximum Gasteiger partial charge on any atom is 0.231 e. The molecule has 0 bridgehead atoms. The van der Waals surface area contributed by atoms with Crippen LogP contribution in [-0.4, -0.2) is 27.9 Å². The Morgan fingerprint density at radius 1 is 1.19 bits per heavy atom. The van der Waals surface area contributed by atoms with Gasteiger partial charge in [0, 0.05) is 23.7 Å². The minimum Gasteiger partial charge on any atom is -0.342 e. The number of para-hydroxylation sites is 2. The number of rotatable bonds is 3. The van der Waals surface area contributed by atoms with Crippen LogP contribution < -0.4 is 4.90 Å². The Morgan fingerprint density at radius 2 is 2.08 bits per heavy atom. The molecule has 0 aliphatic carbocycles. The fraction of sp³-hybridized carbons (Fsp3) is 0.150. The molecule has 0 radical (unpaired) electrons. The van der Waals surface area contributed by atoms with Crippen molar-refractivity contribution in [1.82, 2.24) is 15.0 Å². The lowest BCUT2D eigenvalue weighted by atomic mass is 10.1. The van der Waals surface area contributed by atoms with Gasteiger partial charge in [-0.1, -0.05) is 18.2 Å². The molecule has 6 heteroatoms. The van der Waals surface area contributed by atoms with Gasteiger partial charge in [-0.05, 0) is 29.8 Å². The Morgan fingerprint density at radius 3 is 2.96 bits per heavy atom. The summed E-state index contributed by atoms with van der Waals surface area (Å²) < 4.78 is 0. The molecule has 128 valence electrons. The van der Waals surface area contributed by atoms with Crippen LogP contribution in [0.1, 0.15) is 16.4 Å². The SMILES string of the molecule is CN1C(=O)Cc2cc(-c3csc(Cc4nc5ccccc5[nH]4)n3)ccc21. The van der Waals surface area contributed by atoms with Crippen molar-refractivity contribution in [3.8, 4) is 11.3 Å². The van der Waals surface area contributed by atoms with E-state index < -0.39 is 0 Å². The second kappa shape index (κ2) is 5.78. The number of aromatic amines is 1. The average molecular weight is 360 g/mol. The minimum atomic E-state index is 0.140. The fourth-order valence-electron chi connectivity index (χ4n) is 3.39. The number of likely N-dealkylation sites (N-methyl/N-ethyl adjacent to an activating group) is 1. The minimum absolute atomic E-state index is 0.140. The van der Waals surface area contributed by atoms with Gasteiger partial charge in [0.25, 0.3) is 0 Å². The van der Waals surface area contributed by atoms with Crippen LogP contribution in [-0.2, 0) is 17.6 Å². The highest BCUT2D eigenvalue weighted by atomic mass is 32.1. The topological polar surface area (TPSA) is 61.9 Å². The third-order valence-corrected chi connectivity index (χ3v) is 5.61. The van der Waals surface area contributed by atoms with E-state index in [0.717, 1.165) is 44.4 Å². The van der Waals surface area contributed by atoms with Gasteiger partial charge in [-0.15, -0.1) is 11.3 Å². The molecule has 3 heterocycles. The molecule has 0 atom stereocenters. The van der Waals surface area contributed by atoms with Crippen LogP contribution in [0.4, 0.5) is 5.69 Å². The number of thiazole rings is 1. The van der Waals surface area contributed by atoms with E-state index in [2.05, 4.69) is 21.4 Å². The van der Waals surface area contributed by atoms with Crippen LogP contribution in [0.15, 0.2) is 47.8 Å². The molecule has 0 saturated heterocycles. The normalized spacial score (nSPS) is 13.6. The molecule has 4 aromatic rings. The molecule has 0 unspecified atom stereocenters. The van der Waals surface area contributed by atoms with E-state index in [-0.39, 0.29) is 5.91 Å². The number of amides is 1. The predicted octanol–water partition coefficient (Wildman–Crippen LogP) is 3.80. The van der Waals surface area contributed by atoms with Crippen LogP contribution >= 0.6 is 11.3 Å².